The van der Waals surface area contributed by atoms with Gasteiger partial charge in [0.15, 0.2) is 11.4 Å². The largest absolute Gasteiger partial charge is 0.434 e. The van der Waals surface area contributed by atoms with Crippen LogP contribution in [0.3, 0.4) is 0 Å². The van der Waals surface area contributed by atoms with Gasteiger partial charge in [-0.2, -0.15) is 18.3 Å². The molecule has 3 aromatic rings. The smallest absolute Gasteiger partial charge is 0.367 e. The van der Waals surface area contributed by atoms with Crippen molar-refractivity contribution in [3.63, 3.8) is 0 Å². The molecule has 1 amide bonds. The van der Waals surface area contributed by atoms with E-state index in [1.807, 2.05) is 0 Å². The number of hydrogen-bond donors (Lipinski definition) is 1. The third-order valence-corrected chi connectivity index (χ3v) is 5.81. The van der Waals surface area contributed by atoms with Crippen molar-refractivity contribution in [2.45, 2.75) is 31.5 Å². The Morgan fingerprint density at radius 1 is 1.17 bits per heavy atom. The summed E-state index contributed by atoms with van der Waals surface area (Å²) in [4.78, 5) is 25.5. The number of carbonyl (C=O) groups is 1. The van der Waals surface area contributed by atoms with Crippen molar-refractivity contribution in [1.29, 1.82) is 0 Å². The summed E-state index contributed by atoms with van der Waals surface area (Å²) in [6, 6.07) is 1.73. The second-order valence-electron chi connectivity index (χ2n) is 8.63. The summed E-state index contributed by atoms with van der Waals surface area (Å²) >= 11 is 0. The van der Waals surface area contributed by atoms with Crippen LogP contribution in [0.2, 0.25) is 0 Å². The third kappa shape index (κ3) is 5.41. The summed E-state index contributed by atoms with van der Waals surface area (Å²) in [6.45, 7) is 0.604. The molecule has 0 aliphatic carbocycles. The van der Waals surface area contributed by atoms with Gasteiger partial charge in [-0.05, 0) is 18.1 Å². The van der Waals surface area contributed by atoms with Crippen LogP contribution in [0, 0.1) is 11.7 Å². The van der Waals surface area contributed by atoms with Gasteiger partial charge in [0, 0.05) is 26.2 Å². The van der Waals surface area contributed by atoms with E-state index in [0.29, 0.717) is 6.20 Å². The quantitative estimate of drug-likeness (QED) is 0.519. The number of hydrogen-bond acceptors (Lipinski definition) is 6. The van der Waals surface area contributed by atoms with E-state index >= 15 is 0 Å². The monoisotopic (exact) mass is 513 g/mol. The summed E-state index contributed by atoms with van der Waals surface area (Å²) in [5, 5.41) is 6.93. The average Bonchev–Trinajstić information content (AvgIpc) is 3.19. The highest BCUT2D eigenvalue weighted by molar-refractivity contribution is 5.98. The fraction of sp³-hybridized carbons (Fsp3) is 0.409. The molecule has 2 unspecified atom stereocenters. The van der Waals surface area contributed by atoms with E-state index in [2.05, 4.69) is 25.4 Å². The van der Waals surface area contributed by atoms with Gasteiger partial charge in [0.25, 0.3) is 11.8 Å². The third-order valence-electron chi connectivity index (χ3n) is 5.81. The number of amides is 1. The van der Waals surface area contributed by atoms with Crippen LogP contribution in [0.15, 0.2) is 36.9 Å². The molecule has 192 valence electrons. The lowest BCUT2D eigenvalue weighted by molar-refractivity contribution is -0.141. The average molecular weight is 513 g/mol. The molecule has 8 nitrogen and oxygen atoms in total. The number of aromatic nitrogens is 5. The fourth-order valence-corrected chi connectivity index (χ4v) is 4.16. The molecule has 0 spiro atoms. The molecule has 14 heteroatoms. The normalized spacial score (nSPS) is 19.8. The minimum Gasteiger partial charge on any atom is -0.367 e. The minimum atomic E-state index is -4.65. The predicted octanol–water partition coefficient (Wildman–Crippen LogP) is 4.03. The van der Waals surface area contributed by atoms with E-state index in [4.69, 9.17) is 0 Å². The van der Waals surface area contributed by atoms with Crippen LogP contribution in [0.4, 0.5) is 32.2 Å². The van der Waals surface area contributed by atoms with Crippen LogP contribution in [-0.4, -0.2) is 60.6 Å². The van der Waals surface area contributed by atoms with Gasteiger partial charge in [0.1, 0.15) is 11.6 Å². The zero-order valence-corrected chi connectivity index (χ0v) is 19.1. The van der Waals surface area contributed by atoms with Gasteiger partial charge in [-0.15, -0.1) is 0 Å². The molecule has 4 rings (SSSR count). The summed E-state index contributed by atoms with van der Waals surface area (Å²) < 4.78 is 81.9. The van der Waals surface area contributed by atoms with Crippen molar-refractivity contribution in [2.24, 2.45) is 13.0 Å². The maximum absolute atomic E-state index is 14.5. The maximum Gasteiger partial charge on any atom is 0.434 e. The van der Waals surface area contributed by atoms with Crippen molar-refractivity contribution in [3.8, 4) is 11.3 Å². The van der Waals surface area contributed by atoms with Crippen molar-refractivity contribution in [2.75, 3.05) is 18.4 Å². The summed E-state index contributed by atoms with van der Waals surface area (Å²) in [5.41, 5.74) is -0.836. The Bertz CT molecular complexity index is 1230. The van der Waals surface area contributed by atoms with E-state index in [9.17, 15) is 31.1 Å². The molecule has 1 saturated heterocycles. The molecule has 1 fully saturated rings. The first-order valence-corrected chi connectivity index (χ1v) is 10.8. The Hall–Kier alpha value is -3.71. The SMILES string of the molecule is CC1CC(F)(F)CN(C(=O)c2nn(C)cc2-c2ccc(F)cn2)C1CNc1cnc(C(F)(F)F)cn1. The number of piperidine rings is 1. The standard InChI is InChI=1S/C22H21F6N7O/c1-12-5-21(24,25)11-35(16(12)7-31-18-9-30-17(8-32-18)22(26,27)28)20(36)19-14(10-34(2)33-19)15-4-3-13(23)6-29-15/h3-4,6,8-10,12,16H,5,7,11H2,1-2H3,(H,31,32). The number of nitrogens with zero attached hydrogens (tertiary/aromatic N) is 6. The Balaban J connectivity index is 1.60. The lowest BCUT2D eigenvalue weighted by Gasteiger charge is -2.43. The molecule has 1 aliphatic heterocycles. The first-order valence-electron chi connectivity index (χ1n) is 10.8. The van der Waals surface area contributed by atoms with Gasteiger partial charge in [-0.25, -0.2) is 23.1 Å². The molecular weight excluding hydrogens is 492 g/mol. The molecule has 0 radical (unpaired) electrons. The Morgan fingerprint density at radius 3 is 2.53 bits per heavy atom. The van der Waals surface area contributed by atoms with Crippen molar-refractivity contribution >= 4 is 11.7 Å². The van der Waals surface area contributed by atoms with Gasteiger partial charge in [-0.1, -0.05) is 6.92 Å². The van der Waals surface area contributed by atoms with Crippen LogP contribution in [0.1, 0.15) is 29.5 Å². The lowest BCUT2D eigenvalue weighted by Crippen LogP contribution is -2.57. The van der Waals surface area contributed by atoms with Crippen molar-refractivity contribution in [1.82, 2.24) is 29.6 Å². The summed E-state index contributed by atoms with van der Waals surface area (Å²) in [7, 11) is 1.54. The van der Waals surface area contributed by atoms with Crippen LogP contribution in [0.25, 0.3) is 11.3 Å². The molecule has 36 heavy (non-hydrogen) atoms. The van der Waals surface area contributed by atoms with Gasteiger partial charge < -0.3 is 10.2 Å². The Labute approximate surface area is 201 Å². The molecule has 0 saturated carbocycles. The molecule has 2 atom stereocenters. The first kappa shape index (κ1) is 25.4. The van der Waals surface area contributed by atoms with Gasteiger partial charge in [0.05, 0.1) is 42.4 Å². The predicted molar refractivity (Wildman–Crippen MR) is 115 cm³/mol. The van der Waals surface area contributed by atoms with Gasteiger partial charge >= 0.3 is 6.18 Å². The number of nitrogens with one attached hydrogen (secondary N) is 1. The first-order chi connectivity index (χ1) is 16.8. The zero-order chi connectivity index (χ0) is 26.3. The second-order valence-corrected chi connectivity index (χ2v) is 8.63. The molecule has 0 aromatic carbocycles. The molecule has 4 heterocycles. The summed E-state index contributed by atoms with van der Waals surface area (Å²) in [5.74, 6) is -5.22. The summed E-state index contributed by atoms with van der Waals surface area (Å²) in [6.07, 6.45) is -1.27. The molecular formula is C22H21F6N7O. The highest BCUT2D eigenvalue weighted by atomic mass is 19.4. The topological polar surface area (TPSA) is 88.8 Å². The number of halogens is 6. The minimum absolute atomic E-state index is 0.00558. The van der Waals surface area contributed by atoms with E-state index in [-0.39, 0.29) is 29.3 Å². The molecule has 3 aromatic heterocycles. The molecule has 0 bridgehead atoms. The number of anilines is 1. The molecule has 1 aliphatic rings. The van der Waals surface area contributed by atoms with Crippen LogP contribution < -0.4 is 5.32 Å². The van der Waals surface area contributed by atoms with Crippen LogP contribution in [-0.2, 0) is 13.2 Å². The Morgan fingerprint density at radius 2 is 1.92 bits per heavy atom. The van der Waals surface area contributed by atoms with Crippen LogP contribution >= 0.6 is 0 Å². The van der Waals surface area contributed by atoms with Crippen molar-refractivity contribution < 1.29 is 31.1 Å². The van der Waals surface area contributed by atoms with Gasteiger partial charge in [0.2, 0.25) is 0 Å². The number of aryl methyl sites for hydroxylation is 1. The van der Waals surface area contributed by atoms with E-state index < -0.39 is 54.4 Å². The van der Waals surface area contributed by atoms with Crippen LogP contribution in [0.5, 0.6) is 0 Å². The zero-order valence-electron chi connectivity index (χ0n) is 19.1. The molecule has 1 N–H and O–H groups in total. The number of likely N-dealkylation sites (tertiary alicyclic amines) is 1. The lowest BCUT2D eigenvalue weighted by atomic mass is 9.88. The Kier molecular flexibility index (Phi) is 6.62. The fourth-order valence-electron chi connectivity index (χ4n) is 4.16. The van der Waals surface area contributed by atoms with E-state index in [1.54, 1.807) is 14.0 Å². The number of rotatable bonds is 5. The van der Waals surface area contributed by atoms with E-state index in [0.717, 1.165) is 23.4 Å². The maximum atomic E-state index is 14.5. The number of carbonyl (C=O) groups excluding carboxylic acids is 1. The van der Waals surface area contributed by atoms with Crippen molar-refractivity contribution in [3.05, 3.63) is 54.1 Å². The highest BCUT2D eigenvalue weighted by Gasteiger charge is 2.47. The number of alkyl halides is 5. The second kappa shape index (κ2) is 9.39. The highest BCUT2D eigenvalue weighted by Crippen LogP contribution is 2.36. The van der Waals surface area contributed by atoms with Gasteiger partial charge in [-0.3, -0.25) is 14.5 Å². The van der Waals surface area contributed by atoms with E-state index in [1.165, 1.54) is 16.9 Å². The number of pyridine rings is 1.